The molecule has 116 valence electrons. The van der Waals surface area contributed by atoms with Crippen molar-refractivity contribution in [2.45, 2.75) is 13.3 Å². The number of hydrogen-bond donors (Lipinski definition) is 0. The Morgan fingerprint density at radius 3 is 2.68 bits per heavy atom. The molecule has 1 atom stereocenters. The summed E-state index contributed by atoms with van der Waals surface area (Å²) < 4.78 is 22.5. The molecule has 1 aliphatic heterocycles. The van der Waals surface area contributed by atoms with Crippen LogP contribution in [0.2, 0.25) is 0 Å². The number of nitrogens with zero attached hydrogens (tertiary/aromatic N) is 1. The number of amides is 1. The zero-order valence-electron chi connectivity index (χ0n) is 12.1. The summed E-state index contributed by atoms with van der Waals surface area (Å²) in [5.41, 5.74) is 1.87. The van der Waals surface area contributed by atoms with Gasteiger partial charge in [0.15, 0.2) is 0 Å². The number of aryl methyl sites for hydroxylation is 1. The number of carbonyl (C=O) groups excluding carboxylic acids is 1. The van der Waals surface area contributed by atoms with Gasteiger partial charge in [0.1, 0.15) is 0 Å². The Hall–Kier alpha value is -1.59. The Morgan fingerprint density at radius 1 is 1.23 bits per heavy atom. The van der Waals surface area contributed by atoms with Gasteiger partial charge in [0.2, 0.25) is 15.0 Å². The molecule has 3 rings (SSSR count). The molecule has 0 radical (unpaired) electrons. The molecule has 1 unspecified atom stereocenters. The van der Waals surface area contributed by atoms with E-state index in [9.17, 15) is 13.2 Å². The monoisotopic (exact) mass is 337 g/mol. The van der Waals surface area contributed by atoms with E-state index in [-0.39, 0.29) is 24.0 Å². The summed E-state index contributed by atoms with van der Waals surface area (Å²) in [6.45, 7) is 2.35. The molecule has 0 aliphatic carbocycles. The molecule has 0 N–H and O–H groups in total. The van der Waals surface area contributed by atoms with Crippen LogP contribution in [0.4, 0.5) is 5.69 Å². The summed E-state index contributed by atoms with van der Waals surface area (Å²) in [4.78, 5) is 14.1. The standard InChI is InChI=1S/C16H16ClNO3S/c1-11-6-7-13-4-2-3-5-14(13)16(11)18-9-12(8-15(18)19)10-22(17,20)21/h2-7,12H,8-10H2,1H3. The second-order valence-electron chi connectivity index (χ2n) is 5.73. The fourth-order valence-electron chi connectivity index (χ4n) is 3.11. The first-order chi connectivity index (χ1) is 10.3. The topological polar surface area (TPSA) is 54.5 Å². The van der Waals surface area contributed by atoms with Gasteiger partial charge in [-0.15, -0.1) is 0 Å². The molecule has 22 heavy (non-hydrogen) atoms. The number of anilines is 1. The van der Waals surface area contributed by atoms with Gasteiger partial charge in [0, 0.05) is 35.0 Å². The molecule has 0 saturated carbocycles. The van der Waals surface area contributed by atoms with E-state index >= 15 is 0 Å². The minimum absolute atomic E-state index is 0.0511. The Kier molecular flexibility index (Phi) is 3.87. The summed E-state index contributed by atoms with van der Waals surface area (Å²) in [6, 6.07) is 11.9. The molecular weight excluding hydrogens is 322 g/mol. The van der Waals surface area contributed by atoms with Crippen LogP contribution in [-0.2, 0) is 13.8 Å². The third-order valence-corrected chi connectivity index (χ3v) is 5.26. The van der Waals surface area contributed by atoms with Crippen LogP contribution in [0.3, 0.4) is 0 Å². The highest BCUT2D eigenvalue weighted by Crippen LogP contribution is 2.35. The third kappa shape index (κ3) is 2.96. The van der Waals surface area contributed by atoms with Gasteiger partial charge in [-0.1, -0.05) is 36.4 Å². The number of fused-ring (bicyclic) bond motifs is 1. The van der Waals surface area contributed by atoms with Crippen LogP contribution >= 0.6 is 10.7 Å². The maximum atomic E-state index is 12.4. The van der Waals surface area contributed by atoms with E-state index in [2.05, 4.69) is 0 Å². The Labute approximate surface area is 134 Å². The predicted octanol–water partition coefficient (Wildman–Crippen LogP) is 3.07. The summed E-state index contributed by atoms with van der Waals surface area (Å²) in [5, 5.41) is 2.06. The molecule has 1 fully saturated rings. The summed E-state index contributed by atoms with van der Waals surface area (Å²) in [6.07, 6.45) is 0.217. The number of rotatable bonds is 3. The SMILES string of the molecule is Cc1ccc2ccccc2c1N1CC(CS(=O)(=O)Cl)CC1=O. The lowest BCUT2D eigenvalue weighted by molar-refractivity contribution is -0.117. The summed E-state index contributed by atoms with van der Waals surface area (Å²) in [7, 11) is 1.73. The van der Waals surface area contributed by atoms with Gasteiger partial charge in [-0.05, 0) is 17.9 Å². The van der Waals surface area contributed by atoms with Crippen LogP contribution in [0.1, 0.15) is 12.0 Å². The van der Waals surface area contributed by atoms with Gasteiger partial charge < -0.3 is 4.90 Å². The van der Waals surface area contributed by atoms with Gasteiger partial charge in [0.25, 0.3) is 0 Å². The molecular formula is C16H16ClNO3S. The van der Waals surface area contributed by atoms with Crippen LogP contribution < -0.4 is 4.90 Å². The van der Waals surface area contributed by atoms with E-state index in [1.54, 1.807) is 4.90 Å². The molecule has 6 heteroatoms. The Morgan fingerprint density at radius 2 is 1.95 bits per heavy atom. The van der Waals surface area contributed by atoms with Crippen LogP contribution in [-0.4, -0.2) is 26.6 Å². The smallest absolute Gasteiger partial charge is 0.232 e. The maximum Gasteiger partial charge on any atom is 0.232 e. The van der Waals surface area contributed by atoms with E-state index in [1.165, 1.54) is 0 Å². The first kappa shape index (κ1) is 15.3. The lowest BCUT2D eigenvalue weighted by atomic mass is 10.0. The quantitative estimate of drug-likeness (QED) is 0.809. The minimum Gasteiger partial charge on any atom is -0.311 e. The second-order valence-corrected chi connectivity index (χ2v) is 8.55. The van der Waals surface area contributed by atoms with Crippen molar-refractivity contribution in [3.05, 3.63) is 42.0 Å². The first-order valence-electron chi connectivity index (χ1n) is 7.06. The molecule has 1 saturated heterocycles. The molecule has 0 aromatic heterocycles. The lowest BCUT2D eigenvalue weighted by Crippen LogP contribution is -2.26. The van der Waals surface area contributed by atoms with Crippen molar-refractivity contribution in [3.8, 4) is 0 Å². The van der Waals surface area contributed by atoms with Crippen LogP contribution in [0.15, 0.2) is 36.4 Å². The van der Waals surface area contributed by atoms with Crippen molar-refractivity contribution in [3.63, 3.8) is 0 Å². The van der Waals surface area contributed by atoms with Crippen molar-refractivity contribution in [1.29, 1.82) is 0 Å². The van der Waals surface area contributed by atoms with E-state index < -0.39 is 9.05 Å². The summed E-state index contributed by atoms with van der Waals surface area (Å²) in [5.74, 6) is -0.473. The van der Waals surface area contributed by atoms with Gasteiger partial charge in [-0.2, -0.15) is 0 Å². The van der Waals surface area contributed by atoms with E-state index in [1.807, 2.05) is 43.3 Å². The zero-order valence-corrected chi connectivity index (χ0v) is 13.7. The van der Waals surface area contributed by atoms with E-state index in [0.29, 0.717) is 6.54 Å². The zero-order chi connectivity index (χ0) is 15.9. The molecule has 1 amide bonds. The van der Waals surface area contributed by atoms with Gasteiger partial charge >= 0.3 is 0 Å². The number of hydrogen-bond acceptors (Lipinski definition) is 3. The highest BCUT2D eigenvalue weighted by Gasteiger charge is 2.34. The van der Waals surface area contributed by atoms with Crippen molar-refractivity contribution in [2.75, 3.05) is 17.2 Å². The van der Waals surface area contributed by atoms with E-state index in [4.69, 9.17) is 10.7 Å². The molecule has 4 nitrogen and oxygen atoms in total. The van der Waals surface area contributed by atoms with E-state index in [0.717, 1.165) is 22.0 Å². The number of benzene rings is 2. The minimum atomic E-state index is -3.60. The fourth-order valence-corrected chi connectivity index (χ4v) is 4.43. The average Bonchev–Trinajstić information content (AvgIpc) is 2.77. The van der Waals surface area contributed by atoms with Crippen molar-refractivity contribution in [1.82, 2.24) is 0 Å². The molecule has 1 aliphatic rings. The fraction of sp³-hybridized carbons (Fsp3) is 0.312. The molecule has 2 aromatic rings. The van der Waals surface area contributed by atoms with Crippen molar-refractivity contribution >= 4 is 42.1 Å². The number of halogens is 1. The molecule has 0 bridgehead atoms. The molecule has 1 heterocycles. The Bertz CT molecular complexity index is 848. The average molecular weight is 338 g/mol. The van der Waals surface area contributed by atoms with Crippen molar-refractivity contribution < 1.29 is 13.2 Å². The third-order valence-electron chi connectivity index (χ3n) is 4.01. The molecule has 2 aromatic carbocycles. The predicted molar refractivity (Wildman–Crippen MR) is 88.8 cm³/mol. The number of carbonyl (C=O) groups is 1. The van der Waals surface area contributed by atoms with Gasteiger partial charge in [-0.3, -0.25) is 4.79 Å². The molecule has 0 spiro atoms. The largest absolute Gasteiger partial charge is 0.311 e. The van der Waals surface area contributed by atoms with Crippen LogP contribution in [0.25, 0.3) is 10.8 Å². The second kappa shape index (κ2) is 5.56. The van der Waals surface area contributed by atoms with Gasteiger partial charge in [-0.25, -0.2) is 8.42 Å². The Balaban J connectivity index is 2.01. The van der Waals surface area contributed by atoms with Gasteiger partial charge in [0.05, 0.1) is 11.4 Å². The first-order valence-corrected chi connectivity index (χ1v) is 9.54. The normalized spacial score (nSPS) is 19.1. The van der Waals surface area contributed by atoms with Crippen LogP contribution in [0, 0.1) is 12.8 Å². The summed E-state index contributed by atoms with van der Waals surface area (Å²) >= 11 is 0. The maximum absolute atomic E-state index is 12.4. The van der Waals surface area contributed by atoms with Crippen LogP contribution in [0.5, 0.6) is 0 Å². The highest BCUT2D eigenvalue weighted by atomic mass is 35.7. The van der Waals surface area contributed by atoms with Crippen molar-refractivity contribution in [2.24, 2.45) is 5.92 Å². The highest BCUT2D eigenvalue weighted by molar-refractivity contribution is 8.13. The lowest BCUT2D eigenvalue weighted by Gasteiger charge is -2.21.